The molecule has 1 unspecified atom stereocenters. The summed E-state index contributed by atoms with van der Waals surface area (Å²) in [7, 11) is 2.03. The third-order valence-electron chi connectivity index (χ3n) is 6.01. The van der Waals surface area contributed by atoms with Gasteiger partial charge in [0, 0.05) is 56.6 Å². The van der Waals surface area contributed by atoms with Crippen LogP contribution in [-0.4, -0.2) is 51.7 Å². The molecule has 0 bridgehead atoms. The number of aryl methyl sites for hydroxylation is 1. The fraction of sp³-hybridized carbons (Fsp3) is 0.545. The van der Waals surface area contributed by atoms with Gasteiger partial charge in [-0.2, -0.15) is 5.10 Å². The number of likely N-dealkylation sites (tertiary alicyclic amines) is 2. The highest BCUT2D eigenvalue weighted by Gasteiger charge is 2.24. The highest BCUT2D eigenvalue weighted by molar-refractivity contribution is 5.94. The van der Waals surface area contributed by atoms with E-state index in [4.69, 9.17) is 0 Å². The predicted molar refractivity (Wildman–Crippen MR) is 107 cm³/mol. The summed E-state index contributed by atoms with van der Waals surface area (Å²) in [6.07, 6.45) is 7.84. The molecule has 0 saturated carbocycles. The molecule has 2 aliphatic rings. The van der Waals surface area contributed by atoms with Gasteiger partial charge < -0.3 is 4.90 Å². The average Bonchev–Trinajstić information content (AvgIpc) is 3.14. The minimum Gasteiger partial charge on any atom is -0.339 e. The average molecular weight is 367 g/mol. The first-order chi connectivity index (χ1) is 13.2. The normalized spacial score (nSPS) is 21.4. The summed E-state index contributed by atoms with van der Waals surface area (Å²) in [5.74, 6) is 0.743. The van der Waals surface area contributed by atoms with E-state index in [-0.39, 0.29) is 5.91 Å². The van der Waals surface area contributed by atoms with Gasteiger partial charge in [0.2, 0.25) is 0 Å². The number of amides is 1. The number of rotatable bonds is 4. The van der Waals surface area contributed by atoms with Crippen LogP contribution in [0.2, 0.25) is 0 Å². The molecule has 3 heterocycles. The van der Waals surface area contributed by atoms with Crippen molar-refractivity contribution in [2.45, 2.75) is 44.6 Å². The van der Waals surface area contributed by atoms with Crippen molar-refractivity contribution in [2.75, 3.05) is 26.2 Å². The minimum absolute atomic E-state index is 0.197. The topological polar surface area (TPSA) is 41.4 Å². The zero-order chi connectivity index (χ0) is 18.6. The lowest BCUT2D eigenvalue weighted by Crippen LogP contribution is -2.36. The number of carbonyl (C=O) groups is 1. The van der Waals surface area contributed by atoms with Crippen molar-refractivity contribution >= 4 is 5.91 Å². The summed E-state index contributed by atoms with van der Waals surface area (Å²) in [5, 5.41) is 4.33. The van der Waals surface area contributed by atoms with Crippen molar-refractivity contribution in [1.29, 1.82) is 0 Å². The van der Waals surface area contributed by atoms with Crippen molar-refractivity contribution < 1.29 is 4.79 Å². The fourth-order valence-electron chi connectivity index (χ4n) is 4.57. The van der Waals surface area contributed by atoms with Gasteiger partial charge in [0.25, 0.3) is 5.91 Å². The van der Waals surface area contributed by atoms with E-state index < -0.39 is 0 Å². The molecule has 1 atom stereocenters. The Balaban J connectivity index is 1.42. The van der Waals surface area contributed by atoms with E-state index >= 15 is 0 Å². The molecule has 2 aliphatic heterocycles. The number of hydrogen-bond donors (Lipinski definition) is 0. The lowest BCUT2D eigenvalue weighted by Gasteiger charge is -2.33. The van der Waals surface area contributed by atoms with E-state index in [0.717, 1.165) is 51.1 Å². The molecule has 2 saturated heterocycles. The van der Waals surface area contributed by atoms with Crippen LogP contribution in [0.1, 0.15) is 59.6 Å². The monoisotopic (exact) mass is 366 g/mol. The quantitative estimate of drug-likeness (QED) is 0.832. The van der Waals surface area contributed by atoms with Crippen molar-refractivity contribution in [3.05, 3.63) is 53.3 Å². The van der Waals surface area contributed by atoms with E-state index in [1.165, 1.54) is 30.5 Å². The van der Waals surface area contributed by atoms with Crippen LogP contribution in [0.25, 0.3) is 0 Å². The molecular weight excluding hydrogens is 336 g/mol. The van der Waals surface area contributed by atoms with E-state index in [0.29, 0.717) is 5.92 Å². The van der Waals surface area contributed by atoms with Crippen molar-refractivity contribution in [2.24, 2.45) is 7.05 Å². The number of carbonyl (C=O) groups excluding carboxylic acids is 1. The number of aromatic nitrogens is 2. The van der Waals surface area contributed by atoms with Crippen LogP contribution in [0.15, 0.2) is 36.5 Å². The van der Waals surface area contributed by atoms with E-state index in [2.05, 4.69) is 28.2 Å². The lowest BCUT2D eigenvalue weighted by atomic mass is 9.94. The predicted octanol–water partition coefficient (Wildman–Crippen LogP) is 3.43. The molecule has 1 aromatic carbocycles. The highest BCUT2D eigenvalue weighted by Crippen LogP contribution is 2.27. The molecule has 27 heavy (non-hydrogen) atoms. The second kappa shape index (κ2) is 8.26. The van der Waals surface area contributed by atoms with Gasteiger partial charge in [-0.05, 0) is 62.4 Å². The van der Waals surface area contributed by atoms with Crippen LogP contribution in [-0.2, 0) is 13.6 Å². The molecule has 5 nitrogen and oxygen atoms in total. The molecule has 0 spiro atoms. The van der Waals surface area contributed by atoms with Gasteiger partial charge >= 0.3 is 0 Å². The van der Waals surface area contributed by atoms with Crippen LogP contribution in [0.4, 0.5) is 0 Å². The third-order valence-corrected chi connectivity index (χ3v) is 6.01. The SMILES string of the molecule is Cn1nccc1C1CCCN(Cc2cccc(C(=O)N3CCCCC3)c2)C1. The van der Waals surface area contributed by atoms with Crippen LogP contribution in [0.3, 0.4) is 0 Å². The second-order valence-corrected chi connectivity index (χ2v) is 8.01. The second-order valence-electron chi connectivity index (χ2n) is 8.01. The van der Waals surface area contributed by atoms with Gasteiger partial charge in [0.15, 0.2) is 0 Å². The van der Waals surface area contributed by atoms with Gasteiger partial charge in [-0.1, -0.05) is 12.1 Å². The van der Waals surface area contributed by atoms with Crippen LogP contribution in [0.5, 0.6) is 0 Å². The van der Waals surface area contributed by atoms with Crippen LogP contribution >= 0.6 is 0 Å². The first kappa shape index (κ1) is 18.2. The lowest BCUT2D eigenvalue weighted by molar-refractivity contribution is 0.0724. The summed E-state index contributed by atoms with van der Waals surface area (Å²) >= 11 is 0. The van der Waals surface area contributed by atoms with Gasteiger partial charge in [-0.3, -0.25) is 14.4 Å². The Morgan fingerprint density at radius 1 is 1.11 bits per heavy atom. The van der Waals surface area contributed by atoms with Crippen LogP contribution in [0, 0.1) is 0 Å². The van der Waals surface area contributed by atoms with Crippen molar-refractivity contribution in [3.63, 3.8) is 0 Å². The molecule has 2 fully saturated rings. The molecule has 5 heteroatoms. The van der Waals surface area contributed by atoms with E-state index in [9.17, 15) is 4.79 Å². The summed E-state index contributed by atoms with van der Waals surface area (Å²) in [4.78, 5) is 17.3. The third kappa shape index (κ3) is 4.24. The van der Waals surface area contributed by atoms with Gasteiger partial charge in [0.05, 0.1) is 0 Å². The zero-order valence-electron chi connectivity index (χ0n) is 16.3. The zero-order valence-corrected chi connectivity index (χ0v) is 16.3. The van der Waals surface area contributed by atoms with Crippen molar-refractivity contribution in [1.82, 2.24) is 19.6 Å². The minimum atomic E-state index is 0.197. The summed E-state index contributed by atoms with van der Waals surface area (Å²) < 4.78 is 2.01. The standard InChI is InChI=1S/C22H30N4O/c1-24-21(10-11-23-24)20-9-6-12-25(17-20)16-18-7-5-8-19(15-18)22(27)26-13-3-2-4-14-26/h5,7-8,10-11,15,20H,2-4,6,9,12-14,16-17H2,1H3. The Morgan fingerprint density at radius 2 is 1.96 bits per heavy atom. The number of hydrogen-bond acceptors (Lipinski definition) is 3. The maximum atomic E-state index is 12.8. The van der Waals surface area contributed by atoms with Crippen LogP contribution < -0.4 is 0 Å². The van der Waals surface area contributed by atoms with E-state index in [1.807, 2.05) is 35.0 Å². The Bertz CT molecular complexity index is 778. The maximum Gasteiger partial charge on any atom is 0.253 e. The molecule has 1 amide bonds. The van der Waals surface area contributed by atoms with Gasteiger partial charge in [-0.25, -0.2) is 0 Å². The van der Waals surface area contributed by atoms with Crippen molar-refractivity contribution in [3.8, 4) is 0 Å². The molecule has 4 rings (SSSR count). The molecule has 144 valence electrons. The number of piperidine rings is 2. The largest absolute Gasteiger partial charge is 0.339 e. The molecule has 0 aliphatic carbocycles. The number of benzene rings is 1. The summed E-state index contributed by atoms with van der Waals surface area (Å²) in [6.45, 7) is 4.90. The fourth-order valence-corrected chi connectivity index (χ4v) is 4.57. The Kier molecular flexibility index (Phi) is 5.58. The number of nitrogens with zero attached hydrogens (tertiary/aromatic N) is 4. The maximum absolute atomic E-state index is 12.8. The van der Waals surface area contributed by atoms with Gasteiger partial charge in [0.1, 0.15) is 0 Å². The van der Waals surface area contributed by atoms with E-state index in [1.54, 1.807) is 0 Å². The molecular formula is C22H30N4O. The smallest absolute Gasteiger partial charge is 0.253 e. The Labute approximate surface area is 162 Å². The highest BCUT2D eigenvalue weighted by atomic mass is 16.2. The molecule has 0 N–H and O–H groups in total. The van der Waals surface area contributed by atoms with Gasteiger partial charge in [-0.15, -0.1) is 0 Å². The summed E-state index contributed by atoms with van der Waals surface area (Å²) in [6, 6.07) is 10.4. The summed E-state index contributed by atoms with van der Waals surface area (Å²) in [5.41, 5.74) is 3.41. The first-order valence-corrected chi connectivity index (χ1v) is 10.3. The Hall–Kier alpha value is -2.14. The first-order valence-electron chi connectivity index (χ1n) is 10.3. The molecule has 2 aromatic rings. The molecule has 0 radical (unpaired) electrons. The Morgan fingerprint density at radius 3 is 2.74 bits per heavy atom. The molecule has 1 aromatic heterocycles.